The molecule has 2 aromatic rings. The summed E-state index contributed by atoms with van der Waals surface area (Å²) in [6.07, 6.45) is 3.62. The van der Waals surface area contributed by atoms with E-state index in [1.54, 1.807) is 0 Å². The number of aromatic nitrogens is 4. The number of tetrazole rings is 1. The van der Waals surface area contributed by atoms with Crippen LogP contribution in [0.5, 0.6) is 0 Å². The number of carbonyl (C=O) groups is 2. The normalized spacial score (nSPS) is 16.9. The number of piperidine rings is 1. The molecule has 10 heteroatoms. The minimum absolute atomic E-state index is 0.0662. The molecule has 2 fully saturated rings. The number of nitrogens with zero attached hydrogens (tertiary/aromatic N) is 7. The van der Waals surface area contributed by atoms with Crippen molar-refractivity contribution < 1.29 is 14.3 Å². The van der Waals surface area contributed by atoms with Gasteiger partial charge in [0.2, 0.25) is 0 Å². The Labute approximate surface area is 169 Å². The molecule has 0 saturated carbocycles. The lowest BCUT2D eigenvalue weighted by Gasteiger charge is -2.26. The van der Waals surface area contributed by atoms with E-state index in [4.69, 9.17) is 4.74 Å². The van der Waals surface area contributed by atoms with Gasteiger partial charge in [0, 0.05) is 26.2 Å². The number of anilines is 1. The summed E-state index contributed by atoms with van der Waals surface area (Å²) >= 11 is 0. The van der Waals surface area contributed by atoms with Gasteiger partial charge in [-0.25, -0.2) is 14.8 Å². The average molecular weight is 399 g/mol. The van der Waals surface area contributed by atoms with E-state index in [1.165, 1.54) is 21.2 Å². The fourth-order valence-corrected chi connectivity index (χ4v) is 3.58. The molecule has 4 rings (SSSR count). The lowest BCUT2D eigenvalue weighted by molar-refractivity contribution is -0.142. The quantitative estimate of drug-likeness (QED) is 0.751. The molecule has 0 N–H and O–H groups in total. The highest BCUT2D eigenvalue weighted by atomic mass is 16.6. The highest BCUT2D eigenvalue weighted by molar-refractivity contribution is 5.79. The molecule has 1 aromatic carbocycles. The van der Waals surface area contributed by atoms with Crippen molar-refractivity contribution in [3.63, 3.8) is 0 Å². The third kappa shape index (κ3) is 4.64. The van der Waals surface area contributed by atoms with Crippen LogP contribution in [0.25, 0.3) is 0 Å². The van der Waals surface area contributed by atoms with E-state index in [1.807, 2.05) is 30.3 Å². The lowest BCUT2D eigenvalue weighted by Crippen LogP contribution is -2.46. The predicted molar refractivity (Wildman–Crippen MR) is 104 cm³/mol. The van der Waals surface area contributed by atoms with Crippen molar-refractivity contribution >= 4 is 17.9 Å². The molecule has 0 spiro atoms. The van der Waals surface area contributed by atoms with Crippen LogP contribution in [-0.2, 0) is 22.7 Å². The minimum Gasteiger partial charge on any atom is -0.443 e. The van der Waals surface area contributed by atoms with Gasteiger partial charge in [0.25, 0.3) is 11.9 Å². The smallest absolute Gasteiger partial charge is 0.429 e. The number of benzene rings is 1. The van der Waals surface area contributed by atoms with Gasteiger partial charge in [-0.2, -0.15) is 4.80 Å². The molecule has 2 saturated heterocycles. The molecule has 3 heterocycles. The molecule has 2 aliphatic heterocycles. The summed E-state index contributed by atoms with van der Waals surface area (Å²) < 4.78 is 5.36. The number of amides is 2. The second-order valence-corrected chi connectivity index (χ2v) is 7.20. The fourth-order valence-electron chi connectivity index (χ4n) is 3.58. The van der Waals surface area contributed by atoms with Crippen molar-refractivity contribution in [2.45, 2.75) is 38.8 Å². The molecule has 0 radical (unpaired) electrons. The number of carbonyl (C=O) groups excluding carboxylic acids is 2. The number of ether oxygens (including phenoxy) is 1. The van der Waals surface area contributed by atoms with Crippen molar-refractivity contribution in [2.24, 2.45) is 0 Å². The predicted octanol–water partition coefficient (Wildman–Crippen LogP) is 1.45. The maximum atomic E-state index is 12.7. The second-order valence-electron chi connectivity index (χ2n) is 7.20. The van der Waals surface area contributed by atoms with Gasteiger partial charge in [0.15, 0.2) is 0 Å². The maximum absolute atomic E-state index is 12.7. The van der Waals surface area contributed by atoms with E-state index >= 15 is 0 Å². The number of hydrogen-bond donors (Lipinski definition) is 0. The molecule has 2 aliphatic rings. The zero-order valence-electron chi connectivity index (χ0n) is 16.3. The van der Waals surface area contributed by atoms with Crippen molar-refractivity contribution in [3.05, 3.63) is 35.9 Å². The Morgan fingerprint density at radius 2 is 1.69 bits per heavy atom. The Balaban J connectivity index is 1.32. The van der Waals surface area contributed by atoms with Crippen molar-refractivity contribution in [2.75, 3.05) is 31.1 Å². The zero-order valence-corrected chi connectivity index (χ0v) is 16.3. The SMILES string of the molecule is O=C(Cn1nnc(N2CCCCC2)n1)N1CCCN1C(=O)OCc1ccccc1. The van der Waals surface area contributed by atoms with E-state index in [0.717, 1.165) is 31.5 Å². The first-order valence-corrected chi connectivity index (χ1v) is 10.0. The van der Waals surface area contributed by atoms with Gasteiger partial charge in [-0.05, 0) is 36.5 Å². The van der Waals surface area contributed by atoms with Crippen LogP contribution in [0, 0.1) is 0 Å². The van der Waals surface area contributed by atoms with Crippen LogP contribution in [0.4, 0.5) is 10.7 Å². The van der Waals surface area contributed by atoms with Crippen molar-refractivity contribution in [1.82, 2.24) is 30.2 Å². The van der Waals surface area contributed by atoms with Crippen molar-refractivity contribution in [1.29, 1.82) is 0 Å². The van der Waals surface area contributed by atoms with Crippen LogP contribution in [0.2, 0.25) is 0 Å². The molecule has 10 nitrogen and oxygen atoms in total. The Hall–Kier alpha value is -3.17. The van der Waals surface area contributed by atoms with Crippen molar-refractivity contribution in [3.8, 4) is 0 Å². The first-order chi connectivity index (χ1) is 14.2. The van der Waals surface area contributed by atoms with E-state index in [0.29, 0.717) is 25.5 Å². The summed E-state index contributed by atoms with van der Waals surface area (Å²) in [7, 11) is 0. The summed E-state index contributed by atoms with van der Waals surface area (Å²) in [4.78, 5) is 28.5. The van der Waals surface area contributed by atoms with Crippen LogP contribution in [0.15, 0.2) is 30.3 Å². The Kier molecular flexibility index (Phi) is 5.87. The molecule has 0 bridgehead atoms. The maximum Gasteiger partial charge on any atom is 0.429 e. The van der Waals surface area contributed by atoms with E-state index < -0.39 is 6.09 Å². The molecule has 2 amide bonds. The Morgan fingerprint density at radius 1 is 0.931 bits per heavy atom. The number of hydrazine groups is 1. The lowest BCUT2D eigenvalue weighted by atomic mass is 10.1. The Morgan fingerprint density at radius 3 is 2.48 bits per heavy atom. The first kappa shape index (κ1) is 19.2. The summed E-state index contributed by atoms with van der Waals surface area (Å²) in [6, 6.07) is 9.45. The summed E-state index contributed by atoms with van der Waals surface area (Å²) in [5.74, 6) is 0.291. The first-order valence-electron chi connectivity index (χ1n) is 10.0. The molecular formula is C19H25N7O3. The largest absolute Gasteiger partial charge is 0.443 e. The van der Waals surface area contributed by atoms with Crippen LogP contribution in [0.1, 0.15) is 31.2 Å². The standard InChI is InChI=1S/C19H25N7O3/c27-17(14-26-21-18(20-22-26)23-10-5-2-6-11-23)24-12-7-13-25(24)19(28)29-15-16-8-3-1-4-9-16/h1,3-4,8-9H,2,5-7,10-15H2. The highest BCUT2D eigenvalue weighted by Crippen LogP contribution is 2.16. The van der Waals surface area contributed by atoms with Gasteiger partial charge in [-0.1, -0.05) is 35.4 Å². The zero-order chi connectivity index (χ0) is 20.1. The van der Waals surface area contributed by atoms with E-state index in [2.05, 4.69) is 20.3 Å². The molecule has 0 atom stereocenters. The fraction of sp³-hybridized carbons (Fsp3) is 0.526. The van der Waals surface area contributed by atoms with Gasteiger partial charge >= 0.3 is 6.09 Å². The molecule has 0 unspecified atom stereocenters. The minimum atomic E-state index is -0.528. The molecule has 1 aromatic heterocycles. The molecule has 29 heavy (non-hydrogen) atoms. The van der Waals surface area contributed by atoms with Gasteiger partial charge < -0.3 is 9.64 Å². The van der Waals surface area contributed by atoms with Crippen LogP contribution in [-0.4, -0.2) is 68.4 Å². The summed E-state index contributed by atoms with van der Waals surface area (Å²) in [5.41, 5.74) is 0.898. The van der Waals surface area contributed by atoms with Crippen LogP contribution >= 0.6 is 0 Å². The summed E-state index contributed by atoms with van der Waals surface area (Å²) in [6.45, 7) is 2.83. The number of rotatable bonds is 5. The van der Waals surface area contributed by atoms with Crippen LogP contribution < -0.4 is 4.90 Å². The topological polar surface area (TPSA) is 96.7 Å². The number of hydrogen-bond acceptors (Lipinski definition) is 7. The average Bonchev–Trinajstić information content (AvgIpc) is 3.43. The molecular weight excluding hydrogens is 374 g/mol. The molecule has 154 valence electrons. The highest BCUT2D eigenvalue weighted by Gasteiger charge is 2.32. The van der Waals surface area contributed by atoms with Gasteiger partial charge in [0.05, 0.1) is 0 Å². The third-order valence-corrected chi connectivity index (χ3v) is 5.09. The van der Waals surface area contributed by atoms with E-state index in [9.17, 15) is 9.59 Å². The summed E-state index contributed by atoms with van der Waals surface area (Å²) in [5, 5.41) is 15.2. The van der Waals surface area contributed by atoms with E-state index in [-0.39, 0.29) is 19.1 Å². The van der Waals surface area contributed by atoms with Gasteiger partial charge in [-0.15, -0.1) is 5.10 Å². The van der Waals surface area contributed by atoms with Gasteiger partial charge in [0.1, 0.15) is 13.2 Å². The molecule has 0 aliphatic carbocycles. The van der Waals surface area contributed by atoms with Gasteiger partial charge in [-0.3, -0.25) is 4.79 Å². The Bertz CT molecular complexity index is 835. The monoisotopic (exact) mass is 399 g/mol. The second kappa shape index (κ2) is 8.89. The third-order valence-electron chi connectivity index (χ3n) is 5.09. The van der Waals surface area contributed by atoms with Crippen LogP contribution in [0.3, 0.4) is 0 Å².